The Morgan fingerprint density at radius 3 is 2.65 bits per heavy atom. The third-order valence-electron chi connectivity index (χ3n) is 6.47. The second-order valence-electron chi connectivity index (χ2n) is 8.82. The van der Waals surface area contributed by atoms with Crippen LogP contribution in [0, 0.1) is 17.5 Å². The molecule has 0 aliphatic carbocycles. The molecule has 2 aliphatic heterocycles. The summed E-state index contributed by atoms with van der Waals surface area (Å²) in [6.45, 7) is -0.311. The summed E-state index contributed by atoms with van der Waals surface area (Å²) in [6, 6.07) is 5.01. The summed E-state index contributed by atoms with van der Waals surface area (Å²) < 4.78 is 60.0. The lowest BCUT2D eigenvalue weighted by Crippen LogP contribution is -2.65. The van der Waals surface area contributed by atoms with E-state index in [2.05, 4.69) is 15.3 Å². The normalized spacial score (nSPS) is 27.8. The second-order valence-corrected chi connectivity index (χ2v) is 8.82. The average Bonchev–Trinajstić information content (AvgIpc) is 3.40. The molecule has 2 fully saturated rings. The van der Waals surface area contributed by atoms with Crippen LogP contribution in [0.4, 0.5) is 13.2 Å². The summed E-state index contributed by atoms with van der Waals surface area (Å²) in [5, 5.41) is 29.0. The van der Waals surface area contributed by atoms with E-state index in [1.165, 1.54) is 18.5 Å². The predicted octanol–water partition coefficient (Wildman–Crippen LogP) is 2.17. The van der Waals surface area contributed by atoms with Crippen molar-refractivity contribution in [2.24, 2.45) is 0 Å². The quantitative estimate of drug-likeness (QED) is 0.384. The Balaban J connectivity index is 1.56. The fourth-order valence-corrected chi connectivity index (χ4v) is 4.68. The van der Waals surface area contributed by atoms with Gasteiger partial charge >= 0.3 is 5.97 Å². The molecule has 196 valence electrons. The van der Waals surface area contributed by atoms with Crippen molar-refractivity contribution in [3.8, 4) is 11.3 Å². The van der Waals surface area contributed by atoms with Gasteiger partial charge in [0.05, 0.1) is 19.4 Å². The van der Waals surface area contributed by atoms with Gasteiger partial charge in [0.15, 0.2) is 23.6 Å². The third-order valence-corrected chi connectivity index (χ3v) is 6.47. The number of carbonyl (C=O) groups is 1. The molecule has 37 heavy (non-hydrogen) atoms. The molecular weight excluding hydrogens is 497 g/mol. The predicted molar refractivity (Wildman–Crippen MR) is 118 cm³/mol. The maximum Gasteiger partial charge on any atom is 0.357 e. The summed E-state index contributed by atoms with van der Waals surface area (Å²) in [7, 11) is 0. The number of aliphatic hydroxyl groups excluding tert-OH is 2. The highest BCUT2D eigenvalue weighted by molar-refractivity contribution is 5.87. The zero-order valence-corrected chi connectivity index (χ0v) is 19.3. The first kappa shape index (κ1) is 25.3. The van der Waals surface area contributed by atoms with Gasteiger partial charge in [0.1, 0.15) is 29.6 Å². The molecule has 0 saturated carbocycles. The first-order chi connectivity index (χ1) is 17.8. The summed E-state index contributed by atoms with van der Waals surface area (Å²) in [4.78, 5) is 17.0. The number of ether oxygens (including phenoxy) is 3. The number of pyridine rings is 1. The number of hydrogen-bond donors (Lipinski definition) is 2. The summed E-state index contributed by atoms with van der Waals surface area (Å²) in [6.07, 6.45) is 0.449. The van der Waals surface area contributed by atoms with E-state index in [4.69, 9.17) is 14.2 Å². The number of benzene rings is 1. The Morgan fingerprint density at radius 1 is 1.22 bits per heavy atom. The number of rotatable bonds is 5. The summed E-state index contributed by atoms with van der Waals surface area (Å²) >= 11 is 0. The number of carbonyl (C=O) groups excluding carboxylic acids is 1. The molecule has 5 rings (SSSR count). The van der Waals surface area contributed by atoms with E-state index in [0.717, 1.165) is 23.2 Å². The fourth-order valence-electron chi connectivity index (χ4n) is 4.68. The van der Waals surface area contributed by atoms with Gasteiger partial charge in [0, 0.05) is 18.2 Å². The Hall–Kier alpha value is -3.39. The highest BCUT2D eigenvalue weighted by Gasteiger charge is 2.59. The first-order valence-electron chi connectivity index (χ1n) is 11.6. The average molecular weight is 520 g/mol. The molecule has 10 nitrogen and oxygen atoms in total. The third kappa shape index (κ3) is 4.70. The lowest BCUT2D eigenvalue weighted by atomic mass is 9.86. The molecule has 2 aliphatic rings. The van der Waals surface area contributed by atoms with Crippen molar-refractivity contribution < 1.29 is 42.4 Å². The van der Waals surface area contributed by atoms with Gasteiger partial charge in [-0.1, -0.05) is 11.3 Å². The standard InChI is InChI=1S/C24H23F3N4O6/c25-14-9-13(10-15(26)19(14)27)17-11-31(30-29-17)20-21(33)18(12-32)37-24(6-2-4-8-35-24)22(20)36-23(34)16-5-1-3-7-28-16/h1,3,5,7,9-11,18,20-22,32-33H,2,4,6,8,12H2/t18-,20+,21+,22-,24+/m1/s1. The number of hydrogen-bond acceptors (Lipinski definition) is 9. The van der Waals surface area contributed by atoms with Gasteiger partial charge in [0.2, 0.25) is 5.79 Å². The van der Waals surface area contributed by atoms with Crippen LogP contribution < -0.4 is 0 Å². The minimum atomic E-state index is -1.63. The lowest BCUT2D eigenvalue weighted by molar-refractivity contribution is -0.363. The molecule has 2 saturated heterocycles. The van der Waals surface area contributed by atoms with Crippen molar-refractivity contribution in [2.75, 3.05) is 13.2 Å². The molecule has 4 heterocycles. The van der Waals surface area contributed by atoms with Gasteiger partial charge in [-0.2, -0.15) is 0 Å². The number of nitrogens with zero attached hydrogens (tertiary/aromatic N) is 4. The van der Waals surface area contributed by atoms with Crippen molar-refractivity contribution in [1.82, 2.24) is 20.0 Å². The SMILES string of the molecule is O=C(O[C@@H]1[C@@H](n2cc(-c3cc(F)c(F)c(F)c3)nn2)[C@@H](O)[C@@H](CO)O[C@@]12CCCCO2)c1ccccn1. The van der Waals surface area contributed by atoms with Crippen LogP contribution in [-0.4, -0.2) is 73.5 Å². The molecule has 0 amide bonds. The molecule has 0 bridgehead atoms. The van der Waals surface area contributed by atoms with E-state index in [1.54, 1.807) is 12.1 Å². The van der Waals surface area contributed by atoms with Gasteiger partial charge in [-0.15, -0.1) is 5.10 Å². The van der Waals surface area contributed by atoms with E-state index in [1.807, 2.05) is 0 Å². The highest BCUT2D eigenvalue weighted by Crippen LogP contribution is 2.44. The molecular formula is C24H23F3N4O6. The van der Waals surface area contributed by atoms with Crippen LogP contribution in [0.2, 0.25) is 0 Å². The van der Waals surface area contributed by atoms with Crippen LogP contribution in [0.15, 0.2) is 42.7 Å². The van der Waals surface area contributed by atoms with E-state index >= 15 is 0 Å². The van der Waals surface area contributed by atoms with Gasteiger partial charge in [-0.3, -0.25) is 0 Å². The van der Waals surface area contributed by atoms with Crippen LogP contribution in [0.1, 0.15) is 35.8 Å². The first-order valence-corrected chi connectivity index (χ1v) is 11.6. The number of esters is 1. The van der Waals surface area contributed by atoms with Crippen molar-refractivity contribution in [1.29, 1.82) is 0 Å². The zero-order valence-electron chi connectivity index (χ0n) is 19.3. The van der Waals surface area contributed by atoms with Crippen molar-refractivity contribution in [2.45, 2.75) is 49.4 Å². The molecule has 1 aromatic carbocycles. The highest BCUT2D eigenvalue weighted by atomic mass is 19.2. The van der Waals surface area contributed by atoms with Gasteiger partial charge in [-0.05, 0) is 37.1 Å². The topological polar surface area (TPSA) is 129 Å². The van der Waals surface area contributed by atoms with Gasteiger partial charge in [-0.25, -0.2) is 27.6 Å². The van der Waals surface area contributed by atoms with Crippen LogP contribution in [0.25, 0.3) is 11.3 Å². The number of halogens is 3. The Kier molecular flexibility index (Phi) is 6.94. The second kappa shape index (κ2) is 10.2. The minimum Gasteiger partial charge on any atom is -0.449 e. The molecule has 2 aromatic heterocycles. The molecule has 0 unspecified atom stereocenters. The molecule has 0 radical (unpaired) electrons. The van der Waals surface area contributed by atoms with Crippen LogP contribution in [0.5, 0.6) is 0 Å². The molecule has 5 atom stereocenters. The van der Waals surface area contributed by atoms with E-state index in [9.17, 15) is 28.2 Å². The maximum absolute atomic E-state index is 13.8. The number of aliphatic hydroxyl groups is 2. The summed E-state index contributed by atoms with van der Waals surface area (Å²) in [5.74, 6) is -6.79. The van der Waals surface area contributed by atoms with E-state index < -0.39 is 60.2 Å². The molecule has 2 N–H and O–H groups in total. The van der Waals surface area contributed by atoms with Gasteiger partial charge in [0.25, 0.3) is 0 Å². The Labute approximate surface area is 208 Å². The van der Waals surface area contributed by atoms with E-state index in [0.29, 0.717) is 6.42 Å². The fraction of sp³-hybridized carbons (Fsp3) is 0.417. The van der Waals surface area contributed by atoms with Gasteiger partial charge < -0.3 is 24.4 Å². The number of aromatic nitrogens is 4. The van der Waals surface area contributed by atoms with Crippen LogP contribution in [-0.2, 0) is 14.2 Å². The molecule has 1 spiro atoms. The molecule has 13 heteroatoms. The minimum absolute atomic E-state index is 0.00234. The zero-order chi connectivity index (χ0) is 26.2. The lowest BCUT2D eigenvalue weighted by Gasteiger charge is -2.51. The largest absolute Gasteiger partial charge is 0.449 e. The summed E-state index contributed by atoms with van der Waals surface area (Å²) in [5.41, 5.74) is -0.137. The maximum atomic E-state index is 13.8. The Bertz CT molecular complexity index is 1250. The Morgan fingerprint density at radius 2 is 2.00 bits per heavy atom. The molecule has 3 aromatic rings. The van der Waals surface area contributed by atoms with Crippen molar-refractivity contribution >= 4 is 5.97 Å². The smallest absolute Gasteiger partial charge is 0.357 e. The van der Waals surface area contributed by atoms with Crippen molar-refractivity contribution in [3.63, 3.8) is 0 Å². The van der Waals surface area contributed by atoms with Crippen LogP contribution >= 0.6 is 0 Å². The van der Waals surface area contributed by atoms with Crippen LogP contribution in [0.3, 0.4) is 0 Å². The monoisotopic (exact) mass is 520 g/mol. The van der Waals surface area contributed by atoms with E-state index in [-0.39, 0.29) is 30.0 Å². The van der Waals surface area contributed by atoms with Crippen molar-refractivity contribution in [3.05, 3.63) is 65.9 Å².